The molecule has 0 aliphatic rings. The van der Waals surface area contributed by atoms with Gasteiger partial charge < -0.3 is 14.6 Å². The molecule has 122 valence electrons. The van der Waals surface area contributed by atoms with Crippen LogP contribution in [0.1, 0.15) is 16.2 Å². The van der Waals surface area contributed by atoms with Crippen molar-refractivity contribution in [3.63, 3.8) is 0 Å². The van der Waals surface area contributed by atoms with Crippen LogP contribution in [-0.4, -0.2) is 29.7 Å². The second kappa shape index (κ2) is 7.41. The molecule has 6 nitrogen and oxygen atoms in total. The van der Waals surface area contributed by atoms with Crippen molar-refractivity contribution in [3.8, 4) is 17.1 Å². The molecule has 0 aliphatic carbocycles. The van der Waals surface area contributed by atoms with Crippen LogP contribution in [0.3, 0.4) is 0 Å². The predicted octanol–water partition coefficient (Wildman–Crippen LogP) is 2.72. The number of rotatable bonds is 6. The number of nitrogens with zero attached hydrogens (tertiary/aromatic N) is 2. The average molecular weight is 323 g/mol. The number of ether oxygens (including phenoxy) is 1. The van der Waals surface area contributed by atoms with Crippen molar-refractivity contribution in [2.45, 2.75) is 6.42 Å². The number of carbonyl (C=O) groups is 1. The van der Waals surface area contributed by atoms with Crippen molar-refractivity contribution < 1.29 is 14.1 Å². The summed E-state index contributed by atoms with van der Waals surface area (Å²) in [5.41, 5.74) is 1.82. The first-order valence-corrected chi connectivity index (χ1v) is 7.57. The summed E-state index contributed by atoms with van der Waals surface area (Å²) in [7, 11) is 1.63. The Morgan fingerprint density at radius 2 is 1.88 bits per heavy atom. The quantitative estimate of drug-likeness (QED) is 0.755. The number of amides is 1. The molecule has 0 bridgehead atoms. The fourth-order valence-corrected chi connectivity index (χ4v) is 2.32. The van der Waals surface area contributed by atoms with E-state index in [1.165, 1.54) is 0 Å². The van der Waals surface area contributed by atoms with Crippen LogP contribution >= 0.6 is 0 Å². The molecular weight excluding hydrogens is 306 g/mol. The van der Waals surface area contributed by atoms with Crippen molar-refractivity contribution in [1.29, 1.82) is 0 Å². The van der Waals surface area contributed by atoms with Gasteiger partial charge in [0, 0.05) is 12.1 Å². The number of benzene rings is 2. The van der Waals surface area contributed by atoms with E-state index in [2.05, 4.69) is 15.5 Å². The van der Waals surface area contributed by atoms with Crippen molar-refractivity contribution in [2.75, 3.05) is 13.7 Å². The van der Waals surface area contributed by atoms with E-state index in [0.717, 1.165) is 16.9 Å². The first kappa shape index (κ1) is 15.7. The van der Waals surface area contributed by atoms with Gasteiger partial charge in [-0.05, 0) is 18.1 Å². The third-order valence-corrected chi connectivity index (χ3v) is 3.52. The summed E-state index contributed by atoms with van der Waals surface area (Å²) < 4.78 is 10.3. The molecule has 24 heavy (non-hydrogen) atoms. The van der Waals surface area contributed by atoms with Gasteiger partial charge in [-0.3, -0.25) is 4.79 Å². The number of para-hydroxylation sites is 1. The minimum atomic E-state index is -0.389. The summed E-state index contributed by atoms with van der Waals surface area (Å²) in [6.07, 6.45) is 0.648. The van der Waals surface area contributed by atoms with Gasteiger partial charge >= 0.3 is 11.8 Å². The van der Waals surface area contributed by atoms with Gasteiger partial charge in [-0.2, -0.15) is 4.98 Å². The fraction of sp³-hybridized carbons (Fsp3) is 0.167. The number of aromatic nitrogens is 2. The average Bonchev–Trinajstić information content (AvgIpc) is 3.13. The largest absolute Gasteiger partial charge is 0.496 e. The highest BCUT2D eigenvalue weighted by molar-refractivity contribution is 5.89. The number of carbonyl (C=O) groups excluding carboxylic acids is 1. The Balaban J connectivity index is 1.59. The molecule has 1 N–H and O–H groups in total. The summed E-state index contributed by atoms with van der Waals surface area (Å²) >= 11 is 0. The third-order valence-electron chi connectivity index (χ3n) is 3.52. The molecule has 0 atom stereocenters. The third kappa shape index (κ3) is 3.60. The first-order valence-electron chi connectivity index (χ1n) is 7.57. The summed E-state index contributed by atoms with van der Waals surface area (Å²) in [4.78, 5) is 16.2. The number of nitrogens with one attached hydrogen (secondary N) is 1. The van der Waals surface area contributed by atoms with E-state index < -0.39 is 0 Å². The molecule has 0 saturated heterocycles. The normalized spacial score (nSPS) is 10.4. The molecule has 3 rings (SSSR count). The monoisotopic (exact) mass is 323 g/mol. The van der Waals surface area contributed by atoms with Crippen molar-refractivity contribution >= 4 is 5.91 Å². The lowest BCUT2D eigenvalue weighted by Crippen LogP contribution is -2.26. The standard InChI is InChI=1S/C18H17N3O3/c1-23-15-10-6-5-7-13(15)11-12-19-17(22)18-20-16(21-24-18)14-8-3-2-4-9-14/h2-10H,11-12H2,1H3,(H,19,22). The van der Waals surface area contributed by atoms with Crippen LogP contribution in [0, 0.1) is 0 Å². The SMILES string of the molecule is COc1ccccc1CCNC(=O)c1nc(-c2ccccc2)no1. The van der Waals surface area contributed by atoms with E-state index in [0.29, 0.717) is 18.8 Å². The summed E-state index contributed by atoms with van der Waals surface area (Å²) in [5, 5.41) is 6.61. The lowest BCUT2D eigenvalue weighted by molar-refractivity contribution is 0.0910. The number of hydrogen-bond acceptors (Lipinski definition) is 5. The zero-order valence-electron chi connectivity index (χ0n) is 13.2. The van der Waals surface area contributed by atoms with Gasteiger partial charge in [0.15, 0.2) is 0 Å². The number of methoxy groups -OCH3 is 1. The van der Waals surface area contributed by atoms with E-state index >= 15 is 0 Å². The molecule has 0 fully saturated rings. The number of hydrogen-bond donors (Lipinski definition) is 1. The highest BCUT2D eigenvalue weighted by Crippen LogP contribution is 2.17. The van der Waals surface area contributed by atoms with E-state index in [1.54, 1.807) is 7.11 Å². The van der Waals surface area contributed by atoms with Crippen molar-refractivity contribution in [2.24, 2.45) is 0 Å². The Kier molecular flexibility index (Phi) is 4.86. The lowest BCUT2D eigenvalue weighted by atomic mass is 10.1. The van der Waals surface area contributed by atoms with Gasteiger partial charge in [0.05, 0.1) is 7.11 Å². The maximum Gasteiger partial charge on any atom is 0.316 e. The molecule has 3 aromatic rings. The maximum absolute atomic E-state index is 12.1. The summed E-state index contributed by atoms with van der Waals surface area (Å²) in [5.74, 6) is 0.759. The highest BCUT2D eigenvalue weighted by atomic mass is 16.5. The molecule has 0 radical (unpaired) electrons. The molecule has 1 aromatic heterocycles. The second-order valence-electron chi connectivity index (χ2n) is 5.11. The molecule has 0 unspecified atom stereocenters. The van der Waals surface area contributed by atoms with Gasteiger partial charge in [-0.15, -0.1) is 0 Å². The van der Waals surface area contributed by atoms with Crippen LogP contribution in [0.4, 0.5) is 0 Å². The topological polar surface area (TPSA) is 77.2 Å². The van der Waals surface area contributed by atoms with Crippen LogP contribution in [-0.2, 0) is 6.42 Å². The smallest absolute Gasteiger partial charge is 0.316 e. The zero-order valence-corrected chi connectivity index (χ0v) is 13.2. The minimum Gasteiger partial charge on any atom is -0.496 e. The van der Waals surface area contributed by atoms with Crippen LogP contribution < -0.4 is 10.1 Å². The Morgan fingerprint density at radius 3 is 2.67 bits per heavy atom. The van der Waals surface area contributed by atoms with Crippen LogP contribution in [0.25, 0.3) is 11.4 Å². The van der Waals surface area contributed by atoms with E-state index in [1.807, 2.05) is 54.6 Å². The highest BCUT2D eigenvalue weighted by Gasteiger charge is 2.15. The lowest BCUT2D eigenvalue weighted by Gasteiger charge is -2.07. The molecule has 0 aliphatic heterocycles. The van der Waals surface area contributed by atoms with Gasteiger partial charge in [0.1, 0.15) is 5.75 Å². The molecule has 2 aromatic carbocycles. The van der Waals surface area contributed by atoms with Gasteiger partial charge in [-0.1, -0.05) is 53.7 Å². The Morgan fingerprint density at radius 1 is 1.12 bits per heavy atom. The second-order valence-corrected chi connectivity index (χ2v) is 5.11. The molecule has 1 heterocycles. The van der Waals surface area contributed by atoms with Gasteiger partial charge in [0.25, 0.3) is 0 Å². The maximum atomic E-state index is 12.1. The molecule has 0 saturated carbocycles. The van der Waals surface area contributed by atoms with E-state index in [9.17, 15) is 4.79 Å². The van der Waals surface area contributed by atoms with Crippen LogP contribution in [0.5, 0.6) is 5.75 Å². The summed E-state index contributed by atoms with van der Waals surface area (Å²) in [6.45, 7) is 0.447. The fourth-order valence-electron chi connectivity index (χ4n) is 2.32. The Hall–Kier alpha value is -3.15. The zero-order chi connectivity index (χ0) is 16.8. The molecule has 1 amide bonds. The Labute approximate surface area is 139 Å². The van der Waals surface area contributed by atoms with E-state index in [-0.39, 0.29) is 11.8 Å². The van der Waals surface area contributed by atoms with Crippen LogP contribution in [0.2, 0.25) is 0 Å². The van der Waals surface area contributed by atoms with E-state index in [4.69, 9.17) is 9.26 Å². The molecule has 0 spiro atoms. The molecular formula is C18H17N3O3. The first-order chi connectivity index (χ1) is 11.8. The summed E-state index contributed by atoms with van der Waals surface area (Å²) in [6, 6.07) is 17.1. The van der Waals surface area contributed by atoms with Crippen molar-refractivity contribution in [3.05, 3.63) is 66.1 Å². The van der Waals surface area contributed by atoms with Crippen molar-refractivity contribution in [1.82, 2.24) is 15.5 Å². The Bertz CT molecular complexity index is 815. The predicted molar refractivity (Wildman–Crippen MR) is 88.8 cm³/mol. The van der Waals surface area contributed by atoms with Gasteiger partial charge in [0.2, 0.25) is 5.82 Å². The van der Waals surface area contributed by atoms with Gasteiger partial charge in [-0.25, -0.2) is 0 Å². The molecule has 6 heteroatoms. The van der Waals surface area contributed by atoms with Crippen LogP contribution in [0.15, 0.2) is 59.1 Å². The minimum absolute atomic E-state index is 0.0473.